The Balaban J connectivity index is 1.94. The van der Waals surface area contributed by atoms with Gasteiger partial charge in [-0.1, -0.05) is 55.7 Å². The SMILES string of the molecule is CCCC[C@H](O)CN(CCOC)Cc1c(C)nn(-c2ccccc2)c1Oc1ccc(C)cc1. The van der Waals surface area contributed by atoms with Crippen LogP contribution in [0.1, 0.15) is 43.0 Å². The van der Waals surface area contributed by atoms with Gasteiger partial charge in [0.1, 0.15) is 5.75 Å². The van der Waals surface area contributed by atoms with Crippen molar-refractivity contribution < 1.29 is 14.6 Å². The molecule has 1 aromatic heterocycles. The van der Waals surface area contributed by atoms with E-state index < -0.39 is 0 Å². The number of nitrogens with zero attached hydrogens (tertiary/aromatic N) is 3. The molecule has 2 aromatic carbocycles. The van der Waals surface area contributed by atoms with Crippen LogP contribution in [0.5, 0.6) is 11.6 Å². The molecule has 0 unspecified atom stereocenters. The van der Waals surface area contributed by atoms with E-state index in [1.54, 1.807) is 7.11 Å². The van der Waals surface area contributed by atoms with Crippen molar-refractivity contribution in [1.29, 1.82) is 0 Å². The van der Waals surface area contributed by atoms with Crippen LogP contribution in [0.4, 0.5) is 0 Å². The van der Waals surface area contributed by atoms with Gasteiger partial charge in [0.05, 0.1) is 29.7 Å². The minimum absolute atomic E-state index is 0.368. The van der Waals surface area contributed by atoms with Crippen LogP contribution in [0.15, 0.2) is 54.6 Å². The number of aryl methyl sites for hydroxylation is 2. The van der Waals surface area contributed by atoms with Crippen LogP contribution in [0.25, 0.3) is 5.69 Å². The second-order valence-electron chi connectivity index (χ2n) is 8.56. The van der Waals surface area contributed by atoms with Crippen LogP contribution in [0.3, 0.4) is 0 Å². The molecule has 0 saturated carbocycles. The van der Waals surface area contributed by atoms with Gasteiger partial charge >= 0.3 is 0 Å². The monoisotopic (exact) mass is 451 g/mol. The van der Waals surface area contributed by atoms with Gasteiger partial charge in [-0.15, -0.1) is 0 Å². The third kappa shape index (κ3) is 7.16. The van der Waals surface area contributed by atoms with Gasteiger partial charge < -0.3 is 14.6 Å². The fraction of sp³-hybridized carbons (Fsp3) is 0.444. The summed E-state index contributed by atoms with van der Waals surface area (Å²) < 4.78 is 13.6. The first kappa shape index (κ1) is 25.0. The Morgan fingerprint density at radius 2 is 1.79 bits per heavy atom. The lowest BCUT2D eigenvalue weighted by atomic mass is 10.1. The predicted molar refractivity (Wildman–Crippen MR) is 132 cm³/mol. The lowest BCUT2D eigenvalue weighted by Crippen LogP contribution is -2.34. The highest BCUT2D eigenvalue weighted by Crippen LogP contribution is 2.32. The highest BCUT2D eigenvalue weighted by molar-refractivity contribution is 5.43. The third-order valence-electron chi connectivity index (χ3n) is 5.73. The number of aliphatic hydroxyl groups is 1. The Morgan fingerprint density at radius 3 is 2.45 bits per heavy atom. The van der Waals surface area contributed by atoms with Crippen LogP contribution in [-0.4, -0.2) is 52.7 Å². The third-order valence-corrected chi connectivity index (χ3v) is 5.73. The van der Waals surface area contributed by atoms with Crippen LogP contribution in [0.2, 0.25) is 0 Å². The zero-order valence-electron chi connectivity index (χ0n) is 20.3. The average Bonchev–Trinajstić information content (AvgIpc) is 3.13. The number of benzene rings is 2. The lowest BCUT2D eigenvalue weighted by molar-refractivity contribution is 0.0786. The number of methoxy groups -OCH3 is 1. The van der Waals surface area contributed by atoms with E-state index in [1.807, 2.05) is 66.2 Å². The number of unbranched alkanes of at least 4 members (excludes halogenated alkanes) is 1. The van der Waals surface area contributed by atoms with Gasteiger partial charge in [0.15, 0.2) is 0 Å². The quantitative estimate of drug-likeness (QED) is 0.383. The van der Waals surface area contributed by atoms with E-state index in [1.165, 1.54) is 5.56 Å². The molecule has 1 N–H and O–H groups in total. The first-order valence-electron chi connectivity index (χ1n) is 11.8. The topological polar surface area (TPSA) is 59.8 Å². The van der Waals surface area contributed by atoms with E-state index in [4.69, 9.17) is 14.6 Å². The van der Waals surface area contributed by atoms with E-state index in [9.17, 15) is 5.11 Å². The summed E-state index contributed by atoms with van der Waals surface area (Å²) in [4.78, 5) is 2.23. The molecule has 0 fully saturated rings. The molecule has 3 aromatic rings. The second-order valence-corrected chi connectivity index (χ2v) is 8.56. The van der Waals surface area contributed by atoms with Gasteiger partial charge in [-0.05, 0) is 44.5 Å². The Labute approximate surface area is 197 Å². The molecule has 0 bridgehead atoms. The molecule has 178 valence electrons. The Morgan fingerprint density at radius 1 is 1.06 bits per heavy atom. The van der Waals surface area contributed by atoms with Crippen LogP contribution >= 0.6 is 0 Å². The van der Waals surface area contributed by atoms with Crippen LogP contribution in [0, 0.1) is 13.8 Å². The largest absolute Gasteiger partial charge is 0.439 e. The highest BCUT2D eigenvalue weighted by atomic mass is 16.5. The molecule has 0 aliphatic rings. The molecular formula is C27H37N3O3. The highest BCUT2D eigenvalue weighted by Gasteiger charge is 2.22. The number of hydrogen-bond donors (Lipinski definition) is 1. The van der Waals surface area contributed by atoms with E-state index >= 15 is 0 Å². The van der Waals surface area contributed by atoms with Crippen molar-refractivity contribution in [3.8, 4) is 17.3 Å². The van der Waals surface area contributed by atoms with E-state index in [0.717, 1.165) is 48.5 Å². The number of aliphatic hydroxyl groups excluding tert-OH is 1. The van der Waals surface area contributed by atoms with Gasteiger partial charge in [0.2, 0.25) is 5.88 Å². The minimum Gasteiger partial charge on any atom is -0.439 e. The van der Waals surface area contributed by atoms with E-state index in [-0.39, 0.29) is 6.10 Å². The number of para-hydroxylation sites is 1. The van der Waals surface area contributed by atoms with Gasteiger partial charge in [-0.25, -0.2) is 4.68 Å². The molecule has 1 atom stereocenters. The first-order valence-corrected chi connectivity index (χ1v) is 11.8. The maximum Gasteiger partial charge on any atom is 0.227 e. The number of ether oxygens (including phenoxy) is 2. The standard InChI is InChI=1S/C27H37N3O3/c1-5-6-12-24(31)19-29(17-18-32-4)20-26-22(3)28-30(23-10-8-7-9-11-23)27(26)33-25-15-13-21(2)14-16-25/h7-11,13-16,24,31H,5-6,12,17-20H2,1-4H3/t24-/m0/s1. The van der Waals surface area contributed by atoms with Crippen molar-refractivity contribution in [2.24, 2.45) is 0 Å². The maximum atomic E-state index is 10.6. The summed E-state index contributed by atoms with van der Waals surface area (Å²) in [6.45, 7) is 8.74. The van der Waals surface area contributed by atoms with E-state index in [2.05, 4.69) is 18.7 Å². The van der Waals surface area contributed by atoms with Crippen molar-refractivity contribution >= 4 is 0 Å². The minimum atomic E-state index is -0.368. The normalized spacial score (nSPS) is 12.3. The summed E-state index contributed by atoms with van der Waals surface area (Å²) in [7, 11) is 1.70. The van der Waals surface area contributed by atoms with Gasteiger partial charge in [-0.2, -0.15) is 5.10 Å². The van der Waals surface area contributed by atoms with E-state index in [0.29, 0.717) is 25.6 Å². The molecule has 0 radical (unpaired) electrons. The van der Waals surface area contributed by atoms with Crippen molar-refractivity contribution in [2.75, 3.05) is 26.8 Å². The molecule has 3 rings (SSSR count). The smallest absolute Gasteiger partial charge is 0.227 e. The fourth-order valence-corrected chi connectivity index (χ4v) is 3.80. The molecule has 0 aliphatic carbocycles. The summed E-state index contributed by atoms with van der Waals surface area (Å²) >= 11 is 0. The van der Waals surface area contributed by atoms with Crippen LogP contribution < -0.4 is 4.74 Å². The molecule has 6 heteroatoms. The van der Waals surface area contributed by atoms with Crippen LogP contribution in [-0.2, 0) is 11.3 Å². The lowest BCUT2D eigenvalue weighted by Gasteiger charge is -2.25. The molecule has 0 spiro atoms. The summed E-state index contributed by atoms with van der Waals surface area (Å²) in [5.41, 5.74) is 4.05. The Bertz CT molecular complexity index is 970. The van der Waals surface area contributed by atoms with Crippen molar-refractivity contribution in [3.63, 3.8) is 0 Å². The molecular weight excluding hydrogens is 414 g/mol. The molecule has 1 heterocycles. The fourth-order valence-electron chi connectivity index (χ4n) is 3.80. The summed E-state index contributed by atoms with van der Waals surface area (Å²) in [6, 6.07) is 18.1. The summed E-state index contributed by atoms with van der Waals surface area (Å²) in [5, 5.41) is 15.4. The van der Waals surface area contributed by atoms with Gasteiger partial charge in [0, 0.05) is 26.7 Å². The maximum absolute atomic E-state index is 10.6. The molecule has 0 amide bonds. The summed E-state index contributed by atoms with van der Waals surface area (Å²) in [6.07, 6.45) is 2.53. The summed E-state index contributed by atoms with van der Waals surface area (Å²) in [5.74, 6) is 1.47. The average molecular weight is 452 g/mol. The first-order chi connectivity index (χ1) is 16.0. The van der Waals surface area contributed by atoms with Gasteiger partial charge in [0.25, 0.3) is 0 Å². The number of aromatic nitrogens is 2. The van der Waals surface area contributed by atoms with Crippen molar-refractivity contribution in [2.45, 2.75) is 52.7 Å². The number of rotatable bonds is 13. The zero-order valence-corrected chi connectivity index (χ0v) is 20.3. The Kier molecular flexibility index (Phi) is 9.48. The Hall–Kier alpha value is -2.67. The molecule has 0 saturated heterocycles. The molecule has 0 aliphatic heterocycles. The predicted octanol–water partition coefficient (Wildman–Crippen LogP) is 5.28. The molecule has 6 nitrogen and oxygen atoms in total. The number of hydrogen-bond acceptors (Lipinski definition) is 5. The van der Waals surface area contributed by atoms with Crippen molar-refractivity contribution in [1.82, 2.24) is 14.7 Å². The van der Waals surface area contributed by atoms with Crippen molar-refractivity contribution in [3.05, 3.63) is 71.4 Å². The van der Waals surface area contributed by atoms with Gasteiger partial charge in [-0.3, -0.25) is 4.90 Å². The zero-order chi connectivity index (χ0) is 23.6. The molecule has 33 heavy (non-hydrogen) atoms. The second kappa shape index (κ2) is 12.5.